The van der Waals surface area contributed by atoms with E-state index in [-0.39, 0.29) is 16.9 Å². The van der Waals surface area contributed by atoms with Crippen molar-refractivity contribution in [1.29, 1.82) is 0 Å². The van der Waals surface area contributed by atoms with Crippen molar-refractivity contribution < 1.29 is 19.1 Å². The summed E-state index contributed by atoms with van der Waals surface area (Å²) in [5.41, 5.74) is 1.56. The van der Waals surface area contributed by atoms with E-state index in [0.717, 1.165) is 5.75 Å². The number of carbonyl (C=O) groups is 2. The van der Waals surface area contributed by atoms with Crippen LogP contribution in [0.25, 0.3) is 0 Å². The number of hydrogen-bond acceptors (Lipinski definition) is 5. The summed E-state index contributed by atoms with van der Waals surface area (Å²) in [5, 5.41) is 5.69. The Balaban J connectivity index is 1.46. The maximum absolute atomic E-state index is 12.5. The zero-order chi connectivity index (χ0) is 23.6. The number of benzene rings is 3. The second-order valence-electron chi connectivity index (χ2n) is 7.22. The molecule has 170 valence electrons. The van der Waals surface area contributed by atoms with Crippen molar-refractivity contribution in [1.82, 2.24) is 10.2 Å². The number of amides is 2. The average Bonchev–Trinajstić information content (AvgIpc) is 2.82. The molecule has 2 N–H and O–H groups in total. The standard InChI is InChI=1S/C25H25N3O4S/c1-28(2)24(30)19-7-6-8-20(17-19)26-25(33)27-23(29)18-11-13-22(14-12-18)32-16-15-31-21-9-4-3-5-10-21/h3-14,17H,15-16H2,1-2H3,(H2,26,27,29,33). The SMILES string of the molecule is CN(C)C(=O)c1cccc(NC(=S)NC(=O)c2ccc(OCCOc3ccccc3)cc2)c1. The van der Waals surface area contributed by atoms with E-state index < -0.39 is 0 Å². The van der Waals surface area contributed by atoms with Crippen LogP contribution in [0.3, 0.4) is 0 Å². The predicted molar refractivity (Wildman–Crippen MR) is 132 cm³/mol. The normalized spacial score (nSPS) is 10.1. The van der Waals surface area contributed by atoms with Gasteiger partial charge < -0.3 is 19.7 Å². The molecule has 3 aromatic rings. The Labute approximate surface area is 198 Å². The number of rotatable bonds is 8. The summed E-state index contributed by atoms with van der Waals surface area (Å²) < 4.78 is 11.2. The van der Waals surface area contributed by atoms with Crippen LogP contribution >= 0.6 is 12.2 Å². The van der Waals surface area contributed by atoms with Crippen LogP contribution in [0.2, 0.25) is 0 Å². The molecule has 0 spiro atoms. The van der Waals surface area contributed by atoms with Crippen LogP contribution in [0, 0.1) is 0 Å². The smallest absolute Gasteiger partial charge is 0.257 e. The third kappa shape index (κ3) is 7.33. The monoisotopic (exact) mass is 463 g/mol. The van der Waals surface area contributed by atoms with Crippen LogP contribution < -0.4 is 20.1 Å². The molecule has 0 radical (unpaired) electrons. The van der Waals surface area contributed by atoms with Gasteiger partial charge in [-0.05, 0) is 66.8 Å². The molecule has 0 heterocycles. The van der Waals surface area contributed by atoms with Crippen LogP contribution in [0.5, 0.6) is 11.5 Å². The lowest BCUT2D eigenvalue weighted by Gasteiger charge is -2.13. The zero-order valence-electron chi connectivity index (χ0n) is 18.4. The highest BCUT2D eigenvalue weighted by atomic mass is 32.1. The molecule has 2 amide bonds. The highest BCUT2D eigenvalue weighted by molar-refractivity contribution is 7.80. The third-order valence-corrected chi connectivity index (χ3v) is 4.69. The first-order valence-corrected chi connectivity index (χ1v) is 10.7. The van der Waals surface area contributed by atoms with Crippen LogP contribution in [-0.4, -0.2) is 49.1 Å². The first kappa shape index (κ1) is 23.7. The fourth-order valence-electron chi connectivity index (χ4n) is 2.86. The number of para-hydroxylation sites is 1. The number of hydrogen-bond donors (Lipinski definition) is 2. The second kappa shape index (κ2) is 11.6. The van der Waals surface area contributed by atoms with Crippen molar-refractivity contribution in [2.24, 2.45) is 0 Å². The molecule has 8 heteroatoms. The van der Waals surface area contributed by atoms with Gasteiger partial charge in [0, 0.05) is 30.9 Å². The Bertz CT molecular complexity index is 1100. The summed E-state index contributed by atoms with van der Waals surface area (Å²) >= 11 is 5.23. The summed E-state index contributed by atoms with van der Waals surface area (Å²) in [5.74, 6) is 0.939. The van der Waals surface area contributed by atoms with Crippen LogP contribution in [0.1, 0.15) is 20.7 Å². The Kier molecular flexibility index (Phi) is 8.37. The molecular weight excluding hydrogens is 438 g/mol. The topological polar surface area (TPSA) is 79.9 Å². The minimum absolute atomic E-state index is 0.123. The lowest BCUT2D eigenvalue weighted by molar-refractivity contribution is 0.0827. The van der Waals surface area contributed by atoms with E-state index in [1.807, 2.05) is 30.3 Å². The van der Waals surface area contributed by atoms with Crippen molar-refractivity contribution in [3.05, 3.63) is 90.0 Å². The van der Waals surface area contributed by atoms with E-state index in [1.165, 1.54) is 4.90 Å². The minimum atomic E-state index is -0.355. The number of anilines is 1. The molecule has 0 saturated heterocycles. The van der Waals surface area contributed by atoms with Crippen LogP contribution in [0.15, 0.2) is 78.9 Å². The van der Waals surface area contributed by atoms with Gasteiger partial charge in [-0.3, -0.25) is 14.9 Å². The van der Waals surface area contributed by atoms with E-state index in [4.69, 9.17) is 21.7 Å². The third-order valence-electron chi connectivity index (χ3n) is 4.48. The average molecular weight is 464 g/mol. The number of thiocarbonyl (C=S) groups is 1. The highest BCUT2D eigenvalue weighted by Crippen LogP contribution is 2.14. The van der Waals surface area contributed by atoms with E-state index in [0.29, 0.717) is 35.8 Å². The minimum Gasteiger partial charge on any atom is -0.490 e. The molecule has 0 saturated carbocycles. The lowest BCUT2D eigenvalue weighted by Crippen LogP contribution is -2.34. The Morgan fingerprint density at radius 3 is 2.09 bits per heavy atom. The molecule has 0 atom stereocenters. The van der Waals surface area contributed by atoms with Gasteiger partial charge in [-0.2, -0.15) is 0 Å². The maximum atomic E-state index is 12.5. The van der Waals surface area contributed by atoms with Gasteiger partial charge in [0.05, 0.1) is 0 Å². The van der Waals surface area contributed by atoms with Gasteiger partial charge in [0.25, 0.3) is 11.8 Å². The molecule has 0 fully saturated rings. The number of carbonyl (C=O) groups excluding carboxylic acids is 2. The lowest BCUT2D eigenvalue weighted by atomic mass is 10.2. The molecule has 0 aliphatic rings. The van der Waals surface area contributed by atoms with E-state index in [9.17, 15) is 9.59 Å². The number of nitrogens with zero attached hydrogens (tertiary/aromatic N) is 1. The fourth-order valence-corrected chi connectivity index (χ4v) is 3.07. The van der Waals surface area contributed by atoms with E-state index in [2.05, 4.69) is 10.6 Å². The second-order valence-corrected chi connectivity index (χ2v) is 7.63. The highest BCUT2D eigenvalue weighted by Gasteiger charge is 2.11. The van der Waals surface area contributed by atoms with Crippen molar-refractivity contribution >= 4 is 34.8 Å². The van der Waals surface area contributed by atoms with E-state index in [1.54, 1.807) is 62.6 Å². The van der Waals surface area contributed by atoms with Gasteiger partial charge in [0.1, 0.15) is 24.7 Å². The van der Waals surface area contributed by atoms with Gasteiger partial charge in [-0.15, -0.1) is 0 Å². The number of ether oxygens (including phenoxy) is 2. The summed E-state index contributed by atoms with van der Waals surface area (Å²) in [4.78, 5) is 26.1. The van der Waals surface area contributed by atoms with Gasteiger partial charge in [0.2, 0.25) is 0 Å². The molecule has 7 nitrogen and oxygen atoms in total. The van der Waals surface area contributed by atoms with Crippen LogP contribution in [-0.2, 0) is 0 Å². The molecule has 0 aliphatic carbocycles. The van der Waals surface area contributed by atoms with Gasteiger partial charge in [-0.25, -0.2) is 0 Å². The Morgan fingerprint density at radius 1 is 0.818 bits per heavy atom. The first-order chi connectivity index (χ1) is 15.9. The molecule has 3 rings (SSSR count). The summed E-state index contributed by atoms with van der Waals surface area (Å²) in [6.07, 6.45) is 0. The quantitative estimate of drug-likeness (QED) is 0.389. The zero-order valence-corrected chi connectivity index (χ0v) is 19.2. The Morgan fingerprint density at radius 2 is 1.45 bits per heavy atom. The van der Waals surface area contributed by atoms with Gasteiger partial charge in [0.15, 0.2) is 5.11 Å². The summed E-state index contributed by atoms with van der Waals surface area (Å²) in [6.45, 7) is 0.789. The van der Waals surface area contributed by atoms with E-state index >= 15 is 0 Å². The first-order valence-electron chi connectivity index (χ1n) is 10.3. The summed E-state index contributed by atoms with van der Waals surface area (Å²) in [6, 6.07) is 23.1. The molecular formula is C25H25N3O4S. The predicted octanol–water partition coefficient (Wildman–Crippen LogP) is 3.97. The molecule has 0 bridgehead atoms. The van der Waals surface area contributed by atoms with Crippen molar-refractivity contribution in [3.8, 4) is 11.5 Å². The molecule has 0 unspecified atom stereocenters. The van der Waals surface area contributed by atoms with Gasteiger partial charge in [-0.1, -0.05) is 24.3 Å². The van der Waals surface area contributed by atoms with Crippen LogP contribution in [0.4, 0.5) is 5.69 Å². The van der Waals surface area contributed by atoms with Gasteiger partial charge >= 0.3 is 0 Å². The maximum Gasteiger partial charge on any atom is 0.257 e. The molecule has 33 heavy (non-hydrogen) atoms. The van der Waals surface area contributed by atoms with Crippen molar-refractivity contribution in [2.45, 2.75) is 0 Å². The van der Waals surface area contributed by atoms with Crippen molar-refractivity contribution in [3.63, 3.8) is 0 Å². The summed E-state index contributed by atoms with van der Waals surface area (Å²) in [7, 11) is 3.37. The molecule has 3 aromatic carbocycles. The molecule has 0 aliphatic heterocycles. The molecule has 0 aromatic heterocycles. The number of nitrogens with one attached hydrogen (secondary N) is 2. The van der Waals surface area contributed by atoms with Crippen molar-refractivity contribution in [2.75, 3.05) is 32.6 Å². The fraction of sp³-hybridized carbons (Fsp3) is 0.160. The Hall–Kier alpha value is -3.91. The largest absolute Gasteiger partial charge is 0.490 e.